The Morgan fingerprint density at radius 3 is 2.43 bits per heavy atom. The smallest absolute Gasteiger partial charge is 0.410 e. The molecule has 1 aromatic heterocycles. The molecular formula is C20H30N4O4. The third kappa shape index (κ3) is 4.72. The van der Waals surface area contributed by atoms with Crippen LogP contribution in [0.4, 0.5) is 4.79 Å². The molecule has 1 N–H and O–H groups in total. The molecule has 2 amide bonds. The van der Waals surface area contributed by atoms with E-state index < -0.39 is 11.1 Å². The predicted octanol–water partition coefficient (Wildman–Crippen LogP) is 2.17. The molecular weight excluding hydrogens is 360 g/mol. The van der Waals surface area contributed by atoms with Gasteiger partial charge >= 0.3 is 6.09 Å². The molecule has 1 aliphatic carbocycles. The number of aryl methyl sites for hydroxylation is 1. The van der Waals surface area contributed by atoms with Crippen LogP contribution in [-0.2, 0) is 9.53 Å². The molecule has 8 heteroatoms. The minimum atomic E-state index is -0.539. The third-order valence-electron chi connectivity index (χ3n) is 5.06. The fourth-order valence-electron chi connectivity index (χ4n) is 3.62. The molecule has 1 saturated heterocycles. The highest BCUT2D eigenvalue weighted by Gasteiger charge is 2.61. The summed E-state index contributed by atoms with van der Waals surface area (Å²) in [6.07, 6.45) is 1.31. The number of fused-ring (bicyclic) bond motifs is 1. The molecule has 2 fully saturated rings. The zero-order valence-electron chi connectivity index (χ0n) is 17.5. The number of nitrogens with zero attached hydrogens (tertiary/aromatic N) is 3. The molecule has 1 aromatic rings. The van der Waals surface area contributed by atoms with Crippen LogP contribution in [0, 0.1) is 24.7 Å². The average Bonchev–Trinajstić information content (AvgIpc) is 3.07. The second-order valence-electron chi connectivity index (χ2n) is 9.42. The zero-order valence-corrected chi connectivity index (χ0v) is 17.5. The van der Waals surface area contributed by atoms with Gasteiger partial charge in [0.2, 0.25) is 11.8 Å². The van der Waals surface area contributed by atoms with Crippen LogP contribution in [0.1, 0.15) is 40.2 Å². The minimum Gasteiger partial charge on any atom is -0.474 e. The number of aromatic nitrogens is 2. The lowest BCUT2D eigenvalue weighted by atomic mass is 10.1. The van der Waals surface area contributed by atoms with E-state index in [0.717, 1.165) is 5.56 Å². The van der Waals surface area contributed by atoms with Crippen molar-refractivity contribution in [2.45, 2.75) is 52.7 Å². The summed E-state index contributed by atoms with van der Waals surface area (Å²) in [4.78, 5) is 26.5. The van der Waals surface area contributed by atoms with Gasteiger partial charge in [-0.05, 0) is 59.4 Å². The number of rotatable bonds is 5. The second kappa shape index (κ2) is 7.22. The van der Waals surface area contributed by atoms with Crippen LogP contribution in [0.5, 0.6) is 5.88 Å². The van der Waals surface area contributed by atoms with Gasteiger partial charge in [0.05, 0.1) is 11.7 Å². The van der Waals surface area contributed by atoms with E-state index in [4.69, 9.17) is 9.47 Å². The van der Waals surface area contributed by atoms with E-state index >= 15 is 0 Å². The number of ether oxygens (including phenoxy) is 2. The van der Waals surface area contributed by atoms with E-state index in [2.05, 4.69) is 15.5 Å². The molecule has 154 valence electrons. The number of hydrogen-bond donors (Lipinski definition) is 1. The summed E-state index contributed by atoms with van der Waals surface area (Å²) >= 11 is 0. The fraction of sp³-hybridized carbons (Fsp3) is 0.700. The Morgan fingerprint density at radius 2 is 1.86 bits per heavy atom. The summed E-state index contributed by atoms with van der Waals surface area (Å²) in [5.41, 5.74) is -0.148. The summed E-state index contributed by atoms with van der Waals surface area (Å²) in [6.45, 7) is 12.7. The molecule has 0 bridgehead atoms. The molecule has 0 spiro atoms. The number of piperidine rings is 1. The van der Waals surface area contributed by atoms with E-state index in [1.165, 1.54) is 0 Å². The monoisotopic (exact) mass is 390 g/mol. The lowest BCUT2D eigenvalue weighted by Gasteiger charge is -2.28. The van der Waals surface area contributed by atoms with Crippen LogP contribution < -0.4 is 10.1 Å². The third-order valence-corrected chi connectivity index (χ3v) is 5.06. The van der Waals surface area contributed by atoms with Crippen LogP contribution >= 0.6 is 0 Å². The van der Waals surface area contributed by atoms with Crippen LogP contribution in [-0.4, -0.2) is 57.9 Å². The van der Waals surface area contributed by atoms with Crippen molar-refractivity contribution in [3.8, 4) is 5.88 Å². The van der Waals surface area contributed by atoms with Crippen molar-refractivity contribution in [1.82, 2.24) is 20.4 Å². The van der Waals surface area contributed by atoms with Crippen molar-refractivity contribution in [2.75, 3.05) is 19.7 Å². The average molecular weight is 390 g/mol. The maximum Gasteiger partial charge on any atom is 0.410 e. The Morgan fingerprint density at radius 1 is 1.21 bits per heavy atom. The van der Waals surface area contributed by atoms with Crippen LogP contribution in [0.2, 0.25) is 0 Å². The van der Waals surface area contributed by atoms with Gasteiger partial charge in [0, 0.05) is 24.6 Å². The van der Waals surface area contributed by atoms with Crippen LogP contribution in [0.25, 0.3) is 0 Å². The summed E-state index contributed by atoms with van der Waals surface area (Å²) in [6, 6.07) is 1.83. The van der Waals surface area contributed by atoms with Gasteiger partial charge < -0.3 is 19.7 Å². The number of nitrogens with one attached hydrogen (secondary N) is 1. The lowest BCUT2D eigenvalue weighted by molar-refractivity contribution is -0.125. The maximum absolute atomic E-state index is 12.7. The Bertz CT molecular complexity index is 747. The number of carbonyl (C=O) groups excluding carboxylic acids is 2. The largest absolute Gasteiger partial charge is 0.474 e. The van der Waals surface area contributed by atoms with Gasteiger partial charge in [-0.15, -0.1) is 5.10 Å². The van der Waals surface area contributed by atoms with Gasteiger partial charge in [-0.3, -0.25) is 4.79 Å². The highest BCUT2D eigenvalue weighted by molar-refractivity contribution is 5.84. The Hall–Kier alpha value is -2.38. The second-order valence-corrected chi connectivity index (χ2v) is 9.42. The first kappa shape index (κ1) is 20.4. The zero-order chi connectivity index (χ0) is 20.7. The summed E-state index contributed by atoms with van der Waals surface area (Å²) in [5.74, 6) is 0.874. The molecule has 1 aliphatic heterocycles. The van der Waals surface area contributed by atoms with Gasteiger partial charge in [0.1, 0.15) is 12.2 Å². The first-order valence-electron chi connectivity index (χ1n) is 9.68. The van der Waals surface area contributed by atoms with Gasteiger partial charge in [-0.2, -0.15) is 5.10 Å². The topological polar surface area (TPSA) is 93.7 Å². The molecule has 2 aliphatic rings. The molecule has 3 atom stereocenters. The molecule has 1 saturated carbocycles. The number of hydrogen-bond acceptors (Lipinski definition) is 6. The summed E-state index contributed by atoms with van der Waals surface area (Å²) < 4.78 is 11.1. The molecule has 1 unspecified atom stereocenters. The highest BCUT2D eigenvalue weighted by Crippen LogP contribution is 2.52. The highest BCUT2D eigenvalue weighted by atomic mass is 16.6. The van der Waals surface area contributed by atoms with Crippen molar-refractivity contribution in [1.29, 1.82) is 0 Å². The Balaban J connectivity index is 1.46. The van der Waals surface area contributed by atoms with Gasteiger partial charge in [-0.25, -0.2) is 4.79 Å². The van der Waals surface area contributed by atoms with Crippen molar-refractivity contribution in [2.24, 2.45) is 17.8 Å². The maximum atomic E-state index is 12.7. The molecule has 0 radical (unpaired) electrons. The number of amides is 2. The minimum absolute atomic E-state index is 0.0170. The predicted molar refractivity (Wildman–Crippen MR) is 103 cm³/mol. The lowest BCUT2D eigenvalue weighted by Crippen LogP contribution is -2.49. The van der Waals surface area contributed by atoms with E-state index in [9.17, 15) is 9.59 Å². The van der Waals surface area contributed by atoms with Gasteiger partial charge in [0.25, 0.3) is 0 Å². The molecule has 0 aromatic carbocycles. The summed E-state index contributed by atoms with van der Waals surface area (Å²) in [5, 5.41) is 10.9. The van der Waals surface area contributed by atoms with Crippen LogP contribution in [0.3, 0.4) is 0 Å². The fourth-order valence-corrected chi connectivity index (χ4v) is 3.62. The standard InChI is InChI=1S/C20H30N4O4/c1-12-7-8-21-23-17(12)27-11-20(5,6)22-16(25)15-13-9-24(10-14(13)15)18(26)28-19(2,3)4/h7-8,13-15H,9-11H2,1-6H3,(H,22,25)/t13-,14+,15?. The molecule has 3 rings (SSSR count). The van der Waals surface area contributed by atoms with E-state index in [1.807, 2.05) is 47.6 Å². The normalized spacial score (nSPS) is 23.8. The molecule has 2 heterocycles. The molecule has 28 heavy (non-hydrogen) atoms. The van der Waals surface area contributed by atoms with Crippen molar-refractivity contribution in [3.63, 3.8) is 0 Å². The van der Waals surface area contributed by atoms with Crippen molar-refractivity contribution in [3.05, 3.63) is 17.8 Å². The van der Waals surface area contributed by atoms with E-state index in [0.29, 0.717) is 25.6 Å². The first-order chi connectivity index (χ1) is 13.0. The number of likely N-dealkylation sites (tertiary alicyclic amines) is 1. The van der Waals surface area contributed by atoms with E-state index in [-0.39, 0.29) is 29.8 Å². The Kier molecular flexibility index (Phi) is 5.25. The number of carbonyl (C=O) groups is 2. The van der Waals surface area contributed by atoms with Crippen molar-refractivity contribution >= 4 is 12.0 Å². The Labute approximate surface area is 166 Å². The van der Waals surface area contributed by atoms with Gasteiger partial charge in [0.15, 0.2) is 0 Å². The van der Waals surface area contributed by atoms with Crippen LogP contribution in [0.15, 0.2) is 12.3 Å². The molecule has 8 nitrogen and oxygen atoms in total. The quantitative estimate of drug-likeness (QED) is 0.828. The van der Waals surface area contributed by atoms with Crippen molar-refractivity contribution < 1.29 is 19.1 Å². The van der Waals surface area contributed by atoms with E-state index in [1.54, 1.807) is 11.1 Å². The SMILES string of the molecule is Cc1ccnnc1OCC(C)(C)NC(=O)C1[C@H]2CN(C(=O)OC(C)(C)C)C[C@@H]12. The summed E-state index contributed by atoms with van der Waals surface area (Å²) in [7, 11) is 0. The first-order valence-corrected chi connectivity index (χ1v) is 9.68. The van der Waals surface area contributed by atoms with Gasteiger partial charge in [-0.1, -0.05) is 0 Å².